The summed E-state index contributed by atoms with van der Waals surface area (Å²) in [5.74, 6) is 0. The minimum atomic E-state index is -4.20. The summed E-state index contributed by atoms with van der Waals surface area (Å²) in [5.41, 5.74) is 0. The average molecular weight is 347 g/mol. The van der Waals surface area contributed by atoms with Crippen molar-refractivity contribution >= 4 is 10.1 Å². The molecule has 0 radical (unpaired) electrons. The molecule has 0 aromatic heterocycles. The molecule has 0 rings (SSSR count). The van der Waals surface area contributed by atoms with Gasteiger partial charge in [0.25, 0.3) is 0 Å². The van der Waals surface area contributed by atoms with Crippen molar-refractivity contribution in [2.24, 2.45) is 0 Å². The molecule has 0 amide bonds. The third-order valence-electron chi connectivity index (χ3n) is 3.74. The summed E-state index contributed by atoms with van der Waals surface area (Å²) in [6.07, 6.45) is 8.52. The van der Waals surface area contributed by atoms with E-state index in [9.17, 15) is 18.1 Å². The molecule has 0 saturated carbocycles. The van der Waals surface area contributed by atoms with Crippen LogP contribution in [0.3, 0.4) is 0 Å². The number of aliphatic hydroxyl groups excluding tert-OH is 1. The second kappa shape index (κ2) is 15.1. The summed E-state index contributed by atoms with van der Waals surface area (Å²) >= 11 is 0. The van der Waals surface area contributed by atoms with Gasteiger partial charge in [-0.25, -0.2) is 8.42 Å². The van der Waals surface area contributed by atoms with Gasteiger partial charge < -0.3 is 9.66 Å². The summed E-state index contributed by atoms with van der Waals surface area (Å²) in [6.45, 7) is 4.17. The number of aliphatic hydroxyl groups is 1. The van der Waals surface area contributed by atoms with E-state index >= 15 is 0 Å². The van der Waals surface area contributed by atoms with Gasteiger partial charge in [-0.05, 0) is 32.1 Å². The zero-order valence-corrected chi connectivity index (χ0v) is 18.0. The van der Waals surface area contributed by atoms with Crippen molar-refractivity contribution in [1.82, 2.24) is 0 Å². The van der Waals surface area contributed by atoms with E-state index in [1.165, 1.54) is 0 Å². The van der Waals surface area contributed by atoms with Gasteiger partial charge in [-0.3, -0.25) is 0 Å². The molecule has 0 aliphatic heterocycles. The molecule has 0 saturated heterocycles. The number of unbranched alkanes of at least 4 members (excludes halogenated alkanes) is 4. The molecule has 6 heteroatoms. The van der Waals surface area contributed by atoms with Crippen molar-refractivity contribution < 1.29 is 69.5 Å². The van der Waals surface area contributed by atoms with Crippen LogP contribution in [0.15, 0.2) is 0 Å². The maximum absolute atomic E-state index is 11.2. The second-order valence-corrected chi connectivity index (χ2v) is 7.34. The van der Waals surface area contributed by atoms with E-state index in [0.717, 1.165) is 44.9 Å². The van der Waals surface area contributed by atoms with Crippen molar-refractivity contribution in [3.63, 3.8) is 0 Å². The molecule has 0 aromatic rings. The number of hydrogen-bond acceptors (Lipinski definition) is 4. The van der Waals surface area contributed by atoms with Crippen LogP contribution in [0, 0.1) is 0 Å². The van der Waals surface area contributed by atoms with E-state index in [0.29, 0.717) is 25.7 Å². The maximum Gasteiger partial charge on any atom is 1.00 e. The molecule has 0 aliphatic rings. The zero-order chi connectivity index (χ0) is 15.4. The Hall–Kier alpha value is 1.51. The fraction of sp³-hybridized carbons (Fsp3) is 1.00. The molecule has 4 nitrogen and oxygen atoms in total. The summed E-state index contributed by atoms with van der Waals surface area (Å²) in [7, 11) is -4.20. The third-order valence-corrected chi connectivity index (χ3v) is 5.03. The first-order chi connectivity index (χ1) is 9.41. The Morgan fingerprint density at radius 2 is 1.29 bits per heavy atom. The number of rotatable bonds is 13. The molecule has 122 valence electrons. The summed E-state index contributed by atoms with van der Waals surface area (Å²) < 4.78 is 33.6. The molecule has 1 N–H and O–H groups in total. The van der Waals surface area contributed by atoms with Gasteiger partial charge in [0.1, 0.15) is 0 Å². The van der Waals surface area contributed by atoms with Gasteiger partial charge in [0.05, 0.1) is 16.2 Å². The molecule has 0 fully saturated rings. The molecule has 0 aromatic carbocycles. The van der Waals surface area contributed by atoms with Crippen LogP contribution in [-0.2, 0) is 10.1 Å². The Balaban J connectivity index is 0. The van der Waals surface area contributed by atoms with Gasteiger partial charge in [-0.1, -0.05) is 52.4 Å². The fourth-order valence-electron chi connectivity index (χ4n) is 2.41. The van der Waals surface area contributed by atoms with Crippen molar-refractivity contribution in [2.75, 3.05) is 0 Å². The minimum absolute atomic E-state index is 0. The largest absolute Gasteiger partial charge is 1.00 e. The predicted octanol–water partition coefficient (Wildman–Crippen LogP) is 0.596. The molecular formula is C15H31KO4S. The van der Waals surface area contributed by atoms with Gasteiger partial charge in [0.2, 0.25) is 0 Å². The summed E-state index contributed by atoms with van der Waals surface area (Å²) in [5, 5.41) is 9.01. The third kappa shape index (κ3) is 14.8. The molecule has 0 aliphatic carbocycles. The van der Waals surface area contributed by atoms with Gasteiger partial charge in [-0.2, -0.15) is 0 Å². The van der Waals surface area contributed by atoms with Gasteiger partial charge >= 0.3 is 51.4 Å². The van der Waals surface area contributed by atoms with Crippen molar-refractivity contribution in [1.29, 1.82) is 0 Å². The van der Waals surface area contributed by atoms with E-state index in [1.54, 1.807) is 0 Å². The molecule has 0 heterocycles. The van der Waals surface area contributed by atoms with E-state index in [-0.39, 0.29) is 57.5 Å². The molecular weight excluding hydrogens is 315 g/mol. The molecule has 0 spiro atoms. The van der Waals surface area contributed by atoms with E-state index in [4.69, 9.17) is 0 Å². The van der Waals surface area contributed by atoms with E-state index < -0.39 is 15.4 Å². The first kappa shape index (κ1) is 24.8. The Kier molecular flexibility index (Phi) is 17.8. The average Bonchev–Trinajstić information content (AvgIpc) is 2.36. The topological polar surface area (TPSA) is 77.4 Å². The van der Waals surface area contributed by atoms with Crippen LogP contribution in [0.2, 0.25) is 0 Å². The van der Waals surface area contributed by atoms with Crippen molar-refractivity contribution in [2.45, 2.75) is 95.8 Å². The SMILES string of the molecule is CCCCCC(O)CCCC(CCCCC)S(=O)(=O)[O-].[K+]. The van der Waals surface area contributed by atoms with E-state index in [1.807, 2.05) is 6.92 Å². The number of hydrogen-bond donors (Lipinski definition) is 1. The van der Waals surface area contributed by atoms with Crippen LogP contribution < -0.4 is 51.4 Å². The fourth-order valence-corrected chi connectivity index (χ4v) is 3.32. The Morgan fingerprint density at radius 3 is 1.76 bits per heavy atom. The van der Waals surface area contributed by atoms with Crippen LogP contribution in [-0.4, -0.2) is 29.4 Å². The molecule has 21 heavy (non-hydrogen) atoms. The molecule has 2 unspecified atom stereocenters. The van der Waals surface area contributed by atoms with Crippen LogP contribution >= 0.6 is 0 Å². The van der Waals surface area contributed by atoms with Crippen LogP contribution in [0.25, 0.3) is 0 Å². The Morgan fingerprint density at radius 1 is 0.857 bits per heavy atom. The Labute approximate surface area is 173 Å². The maximum atomic E-state index is 11.2. The van der Waals surface area contributed by atoms with Crippen LogP contribution in [0.4, 0.5) is 0 Å². The smallest absolute Gasteiger partial charge is 0.748 e. The summed E-state index contributed by atoms with van der Waals surface area (Å²) in [6, 6.07) is 0. The van der Waals surface area contributed by atoms with Gasteiger partial charge in [-0.15, -0.1) is 0 Å². The van der Waals surface area contributed by atoms with Gasteiger partial charge in [0.15, 0.2) is 0 Å². The first-order valence-electron chi connectivity index (χ1n) is 8.04. The Bertz CT molecular complexity index is 320. The van der Waals surface area contributed by atoms with Crippen molar-refractivity contribution in [3.05, 3.63) is 0 Å². The van der Waals surface area contributed by atoms with Crippen LogP contribution in [0.1, 0.15) is 84.5 Å². The standard InChI is InChI=1S/C15H32O4S.K/c1-3-5-7-10-14(16)11-9-13-15(20(17,18)19)12-8-6-4-2;/h14-16H,3-13H2,1-2H3,(H,17,18,19);/q;+1/p-1. The molecule has 2 atom stereocenters. The summed E-state index contributed by atoms with van der Waals surface area (Å²) in [4.78, 5) is 0. The molecule has 0 bridgehead atoms. The predicted molar refractivity (Wildman–Crippen MR) is 81.6 cm³/mol. The quantitative estimate of drug-likeness (QED) is 0.301. The zero-order valence-electron chi connectivity index (χ0n) is 14.0. The minimum Gasteiger partial charge on any atom is -0.748 e. The van der Waals surface area contributed by atoms with E-state index in [2.05, 4.69) is 6.92 Å². The van der Waals surface area contributed by atoms with Crippen LogP contribution in [0.5, 0.6) is 0 Å². The monoisotopic (exact) mass is 346 g/mol. The normalized spacial score (nSPS) is 14.5. The second-order valence-electron chi connectivity index (χ2n) is 5.69. The van der Waals surface area contributed by atoms with Gasteiger partial charge in [0, 0.05) is 5.25 Å². The first-order valence-corrected chi connectivity index (χ1v) is 9.51. The van der Waals surface area contributed by atoms with Crippen molar-refractivity contribution in [3.8, 4) is 0 Å².